The lowest BCUT2D eigenvalue weighted by molar-refractivity contribution is -0.142. The van der Waals surface area contributed by atoms with Crippen molar-refractivity contribution in [2.75, 3.05) is 25.1 Å². The lowest BCUT2D eigenvalue weighted by Gasteiger charge is -2.37. The third-order valence-corrected chi connectivity index (χ3v) is 5.28. The summed E-state index contributed by atoms with van der Waals surface area (Å²) in [5, 5.41) is 5.57. The van der Waals surface area contributed by atoms with Crippen LogP contribution in [0.3, 0.4) is 0 Å². The van der Waals surface area contributed by atoms with E-state index in [1.807, 2.05) is 5.32 Å². The predicted molar refractivity (Wildman–Crippen MR) is 112 cm³/mol. The highest BCUT2D eigenvalue weighted by atomic mass is 35.5. The van der Waals surface area contributed by atoms with E-state index in [0.29, 0.717) is 21.6 Å². The van der Waals surface area contributed by atoms with Crippen LogP contribution in [-0.4, -0.2) is 57.3 Å². The molecule has 8 nitrogen and oxygen atoms in total. The fraction of sp³-hybridized carbons (Fsp3) is 0.368. The molecule has 0 aromatic carbocycles. The number of anilines is 1. The normalized spacial score (nSPS) is 16.2. The molecule has 0 saturated carbocycles. The third-order valence-electron chi connectivity index (χ3n) is 5.07. The third kappa shape index (κ3) is 4.60. The Hall–Kier alpha value is -2.99. The number of carbonyl (C=O) groups is 1. The van der Waals surface area contributed by atoms with Crippen LogP contribution in [0.15, 0.2) is 24.7 Å². The van der Waals surface area contributed by atoms with Crippen LogP contribution >= 0.6 is 11.6 Å². The molecule has 174 valence electrons. The number of fused-ring (bicyclic) bond motifs is 1. The van der Waals surface area contributed by atoms with Crippen LogP contribution in [0.25, 0.3) is 22.4 Å². The van der Waals surface area contributed by atoms with Crippen molar-refractivity contribution in [3.8, 4) is 11.4 Å². The molecular formula is C19H21ClF4N6O2. The number of H-pyrrole nitrogens is 1. The van der Waals surface area contributed by atoms with Gasteiger partial charge in [-0.15, -0.1) is 0 Å². The van der Waals surface area contributed by atoms with Crippen LogP contribution < -0.4 is 10.6 Å². The van der Waals surface area contributed by atoms with E-state index < -0.39 is 30.0 Å². The molecule has 0 aliphatic carbocycles. The Bertz CT molecular complexity index is 1160. The Labute approximate surface area is 186 Å². The Balaban J connectivity index is 0.00000204. The number of carbonyl (C=O) groups excluding carboxylic acids is 1. The largest absolute Gasteiger partial charge is 0.405 e. The average molecular weight is 477 g/mol. The molecule has 0 bridgehead atoms. The van der Waals surface area contributed by atoms with Gasteiger partial charge in [-0.2, -0.15) is 13.2 Å². The first-order chi connectivity index (χ1) is 15.2. The van der Waals surface area contributed by atoms with Crippen molar-refractivity contribution in [3.05, 3.63) is 35.5 Å². The molecule has 4 heterocycles. The maximum atomic E-state index is 14.6. The van der Waals surface area contributed by atoms with Gasteiger partial charge in [-0.05, 0) is 6.07 Å². The molecule has 1 fully saturated rings. The van der Waals surface area contributed by atoms with Crippen molar-refractivity contribution in [2.45, 2.75) is 24.6 Å². The molecule has 0 atom stereocenters. The molecule has 0 unspecified atom stereocenters. The van der Waals surface area contributed by atoms with Crippen LogP contribution in [-0.2, 0) is 9.53 Å². The Morgan fingerprint density at radius 1 is 1.28 bits per heavy atom. The molecule has 3 aromatic rings. The molecule has 3 N–H and O–H groups in total. The highest BCUT2D eigenvalue weighted by Gasteiger charge is 2.42. The fourth-order valence-corrected chi connectivity index (χ4v) is 3.61. The molecule has 3 aromatic heterocycles. The van der Waals surface area contributed by atoms with Gasteiger partial charge in [-0.1, -0.05) is 11.6 Å². The van der Waals surface area contributed by atoms with Crippen molar-refractivity contribution in [3.63, 3.8) is 0 Å². The molecule has 32 heavy (non-hydrogen) atoms. The zero-order valence-corrected chi connectivity index (χ0v) is 17.1. The summed E-state index contributed by atoms with van der Waals surface area (Å²) in [6.07, 6.45) is -0.575. The SMILES string of the molecule is O=C(NCC(F)(F)F)C1(Nc2nc(-c3c[nH]c4ncc(Cl)cc34)ncc2F)CCOCC1.[HH].[HH]. The number of pyridine rings is 1. The second kappa shape index (κ2) is 8.51. The van der Waals surface area contributed by atoms with Crippen molar-refractivity contribution in [1.82, 2.24) is 25.3 Å². The van der Waals surface area contributed by atoms with Crippen LogP contribution in [0.1, 0.15) is 15.7 Å². The van der Waals surface area contributed by atoms with Gasteiger partial charge in [-0.25, -0.2) is 19.3 Å². The molecule has 1 aliphatic rings. The number of amides is 1. The van der Waals surface area contributed by atoms with Crippen molar-refractivity contribution >= 4 is 34.4 Å². The van der Waals surface area contributed by atoms with Gasteiger partial charge in [0.1, 0.15) is 17.7 Å². The zero-order chi connectivity index (χ0) is 22.9. The highest BCUT2D eigenvalue weighted by Crippen LogP contribution is 2.31. The van der Waals surface area contributed by atoms with Crippen LogP contribution in [0.2, 0.25) is 5.02 Å². The first-order valence-electron chi connectivity index (χ1n) is 9.53. The minimum Gasteiger partial charge on any atom is -0.381 e. The van der Waals surface area contributed by atoms with E-state index in [9.17, 15) is 22.4 Å². The highest BCUT2D eigenvalue weighted by molar-refractivity contribution is 6.31. The monoisotopic (exact) mass is 476 g/mol. The van der Waals surface area contributed by atoms with Crippen LogP contribution in [0.4, 0.5) is 23.4 Å². The Morgan fingerprint density at radius 3 is 2.75 bits per heavy atom. The number of aromatic nitrogens is 4. The molecule has 1 amide bonds. The molecule has 0 spiro atoms. The number of alkyl halides is 3. The van der Waals surface area contributed by atoms with Crippen LogP contribution in [0.5, 0.6) is 0 Å². The van der Waals surface area contributed by atoms with E-state index in [1.54, 1.807) is 12.3 Å². The summed E-state index contributed by atoms with van der Waals surface area (Å²) >= 11 is 6.01. The number of aromatic amines is 1. The zero-order valence-electron chi connectivity index (χ0n) is 16.4. The van der Waals surface area contributed by atoms with Gasteiger partial charge >= 0.3 is 6.18 Å². The molecule has 0 radical (unpaired) electrons. The molecule has 1 aliphatic heterocycles. The van der Waals surface area contributed by atoms with E-state index in [-0.39, 0.29) is 40.6 Å². The number of nitrogens with zero attached hydrogens (tertiary/aromatic N) is 3. The van der Waals surface area contributed by atoms with Gasteiger partial charge in [0.25, 0.3) is 0 Å². The second-order valence-electron chi connectivity index (χ2n) is 7.26. The summed E-state index contributed by atoms with van der Waals surface area (Å²) in [6.45, 7) is -1.28. The van der Waals surface area contributed by atoms with Gasteiger partial charge in [0.05, 0.1) is 11.2 Å². The van der Waals surface area contributed by atoms with E-state index in [0.717, 1.165) is 6.20 Å². The number of hydrogen-bond donors (Lipinski definition) is 3. The number of hydrogen-bond acceptors (Lipinski definition) is 6. The molecular weight excluding hydrogens is 456 g/mol. The Kier molecular flexibility index (Phi) is 5.91. The maximum Gasteiger partial charge on any atom is 0.405 e. The Morgan fingerprint density at radius 2 is 2.03 bits per heavy atom. The summed E-state index contributed by atoms with van der Waals surface area (Å²) in [7, 11) is 0. The van der Waals surface area contributed by atoms with Crippen molar-refractivity contribution < 1.29 is 29.9 Å². The molecule has 4 rings (SSSR count). The van der Waals surface area contributed by atoms with Gasteiger partial charge < -0.3 is 20.4 Å². The molecule has 1 saturated heterocycles. The fourth-order valence-electron chi connectivity index (χ4n) is 3.45. The summed E-state index contributed by atoms with van der Waals surface area (Å²) < 4.78 is 57.6. The molecule has 13 heteroatoms. The van der Waals surface area contributed by atoms with E-state index in [2.05, 4.69) is 25.3 Å². The smallest absolute Gasteiger partial charge is 0.381 e. The predicted octanol–water partition coefficient (Wildman–Crippen LogP) is 3.94. The topological polar surface area (TPSA) is 105 Å². The van der Waals surface area contributed by atoms with E-state index >= 15 is 0 Å². The van der Waals surface area contributed by atoms with E-state index in [1.165, 1.54) is 6.20 Å². The first kappa shape index (κ1) is 22.2. The summed E-state index contributed by atoms with van der Waals surface area (Å²) in [5.74, 6) is -1.98. The van der Waals surface area contributed by atoms with Gasteiger partial charge in [0, 0.05) is 52.3 Å². The quantitative estimate of drug-likeness (QED) is 0.482. The number of rotatable bonds is 5. The number of halogens is 5. The number of nitrogens with one attached hydrogen (secondary N) is 3. The summed E-state index contributed by atoms with van der Waals surface area (Å²) in [5.41, 5.74) is -0.527. The summed E-state index contributed by atoms with van der Waals surface area (Å²) in [6, 6.07) is 1.64. The van der Waals surface area contributed by atoms with Crippen molar-refractivity contribution in [2.24, 2.45) is 0 Å². The first-order valence-corrected chi connectivity index (χ1v) is 9.91. The van der Waals surface area contributed by atoms with E-state index in [4.69, 9.17) is 16.3 Å². The summed E-state index contributed by atoms with van der Waals surface area (Å²) in [4.78, 5) is 28.0. The van der Waals surface area contributed by atoms with Crippen molar-refractivity contribution in [1.29, 1.82) is 0 Å². The van der Waals surface area contributed by atoms with Crippen LogP contribution in [0, 0.1) is 5.82 Å². The van der Waals surface area contributed by atoms with Gasteiger partial charge in [-0.3, -0.25) is 4.79 Å². The standard InChI is InChI=1S/C19H17ClF4N6O2.2H2/c20-10-5-11-12(7-26-14(11)25-6-10)15-27-8-13(21)16(29-15)30-18(1-3-32-4-2-18)17(31)28-9-19(22,23)24;;/h5-8H,1-4,9H2,(H,25,26)(H,28,31)(H,27,29,30);2*1H. The minimum atomic E-state index is -4.58. The second-order valence-corrected chi connectivity index (χ2v) is 7.70. The average Bonchev–Trinajstić information content (AvgIpc) is 3.17. The van der Waals surface area contributed by atoms with Gasteiger partial charge in [0.2, 0.25) is 5.91 Å². The minimum absolute atomic E-state index is 0. The lowest BCUT2D eigenvalue weighted by atomic mass is 9.88. The lowest BCUT2D eigenvalue weighted by Crippen LogP contribution is -2.57. The maximum absolute atomic E-state index is 14.6. The number of ether oxygens (including phenoxy) is 1. The van der Waals surface area contributed by atoms with Gasteiger partial charge in [0.15, 0.2) is 17.5 Å².